The first-order valence-electron chi connectivity index (χ1n) is 5.49. The summed E-state index contributed by atoms with van der Waals surface area (Å²) in [5, 5.41) is 10.9. The molecule has 0 aliphatic heterocycles. The molecule has 0 aromatic carbocycles. The molecule has 0 fully saturated rings. The molecule has 2 rings (SSSR count). The van der Waals surface area contributed by atoms with Gasteiger partial charge in [0, 0.05) is 11.4 Å². The first-order valence-corrected chi connectivity index (χ1v) is 6.37. The van der Waals surface area contributed by atoms with Gasteiger partial charge >= 0.3 is 0 Å². The molecule has 3 nitrogen and oxygen atoms in total. The molecule has 2 heterocycles. The van der Waals surface area contributed by atoms with Crippen LogP contribution in [0.15, 0.2) is 29.4 Å². The van der Waals surface area contributed by atoms with E-state index in [1.165, 1.54) is 0 Å². The van der Waals surface area contributed by atoms with Crippen LogP contribution in [-0.4, -0.2) is 19.7 Å². The van der Waals surface area contributed by atoms with Crippen molar-refractivity contribution in [2.24, 2.45) is 0 Å². The molecule has 0 saturated carbocycles. The maximum Gasteiger partial charge on any atom is 0.138 e. The first-order chi connectivity index (χ1) is 7.76. The van der Waals surface area contributed by atoms with Crippen molar-refractivity contribution in [1.82, 2.24) is 9.38 Å². The molecule has 86 valence electrons. The highest BCUT2D eigenvalue weighted by molar-refractivity contribution is 7.99. The first kappa shape index (κ1) is 11.5. The van der Waals surface area contributed by atoms with Crippen LogP contribution in [0.4, 0.5) is 0 Å². The number of aliphatic hydroxyl groups excluding tert-OH is 1. The summed E-state index contributed by atoms with van der Waals surface area (Å²) in [6.45, 7) is 4.37. The number of thioether (sulfide) groups is 1. The van der Waals surface area contributed by atoms with Gasteiger partial charge in [-0.3, -0.25) is 0 Å². The Bertz CT molecular complexity index is 481. The number of rotatable bonds is 4. The third-order valence-corrected chi connectivity index (χ3v) is 3.92. The maximum atomic E-state index is 9.42. The van der Waals surface area contributed by atoms with E-state index in [2.05, 4.69) is 18.8 Å². The van der Waals surface area contributed by atoms with Crippen molar-refractivity contribution in [2.45, 2.75) is 37.2 Å². The molecular formula is C12H16N2OS. The van der Waals surface area contributed by atoms with Crippen molar-refractivity contribution in [3.8, 4) is 0 Å². The molecule has 1 N–H and O–H groups in total. The van der Waals surface area contributed by atoms with Crippen molar-refractivity contribution < 1.29 is 5.11 Å². The molecular weight excluding hydrogens is 220 g/mol. The minimum atomic E-state index is 0.0317. The SMILES string of the molecule is CCC(C)Sc1nc2ccccn2c1CO. The van der Waals surface area contributed by atoms with E-state index in [1.807, 2.05) is 28.8 Å². The second kappa shape index (κ2) is 4.89. The number of nitrogens with zero attached hydrogens (tertiary/aromatic N) is 2. The summed E-state index contributed by atoms with van der Waals surface area (Å²) < 4.78 is 1.95. The lowest BCUT2D eigenvalue weighted by molar-refractivity contribution is 0.272. The van der Waals surface area contributed by atoms with Gasteiger partial charge in [0.05, 0.1) is 12.3 Å². The molecule has 2 aromatic heterocycles. The Labute approximate surface area is 99.5 Å². The van der Waals surface area contributed by atoms with Crippen LogP contribution in [0.2, 0.25) is 0 Å². The number of hydrogen-bond donors (Lipinski definition) is 1. The third kappa shape index (κ3) is 2.08. The highest BCUT2D eigenvalue weighted by atomic mass is 32.2. The normalized spacial score (nSPS) is 13.2. The van der Waals surface area contributed by atoms with Crippen molar-refractivity contribution in [3.63, 3.8) is 0 Å². The van der Waals surface area contributed by atoms with Crippen LogP contribution in [0.3, 0.4) is 0 Å². The van der Waals surface area contributed by atoms with Crippen molar-refractivity contribution in [2.75, 3.05) is 0 Å². The van der Waals surface area contributed by atoms with Gasteiger partial charge in [0.15, 0.2) is 0 Å². The standard InChI is InChI=1S/C12H16N2OS/c1-3-9(2)16-12-10(8-15)14-7-5-4-6-11(14)13-12/h4-7,9,15H,3,8H2,1-2H3. The molecule has 0 aliphatic carbocycles. The topological polar surface area (TPSA) is 37.5 Å². The Morgan fingerprint density at radius 3 is 3.00 bits per heavy atom. The lowest BCUT2D eigenvalue weighted by atomic mass is 10.4. The Hall–Kier alpha value is -1.00. The van der Waals surface area contributed by atoms with Crippen LogP contribution >= 0.6 is 11.8 Å². The fraction of sp³-hybridized carbons (Fsp3) is 0.417. The Kier molecular flexibility index (Phi) is 3.51. The number of hydrogen-bond acceptors (Lipinski definition) is 3. The highest BCUT2D eigenvalue weighted by Gasteiger charge is 2.13. The van der Waals surface area contributed by atoms with Crippen LogP contribution in [0.25, 0.3) is 5.65 Å². The van der Waals surface area contributed by atoms with E-state index in [4.69, 9.17) is 0 Å². The number of aromatic nitrogens is 2. The summed E-state index contributed by atoms with van der Waals surface area (Å²) in [5.41, 5.74) is 1.79. The number of pyridine rings is 1. The van der Waals surface area contributed by atoms with E-state index in [0.29, 0.717) is 5.25 Å². The molecule has 0 radical (unpaired) electrons. The summed E-state index contributed by atoms with van der Waals surface area (Å²) in [6.07, 6.45) is 3.04. The van der Waals surface area contributed by atoms with Crippen molar-refractivity contribution in [1.29, 1.82) is 0 Å². The summed E-state index contributed by atoms with van der Waals surface area (Å²) in [4.78, 5) is 4.54. The van der Waals surface area contributed by atoms with Crippen LogP contribution in [0.5, 0.6) is 0 Å². The zero-order valence-corrected chi connectivity index (χ0v) is 10.4. The largest absolute Gasteiger partial charge is 0.390 e. The third-order valence-electron chi connectivity index (χ3n) is 2.63. The quantitative estimate of drug-likeness (QED) is 0.829. The molecule has 0 bridgehead atoms. The van der Waals surface area contributed by atoms with E-state index in [-0.39, 0.29) is 6.61 Å². The van der Waals surface area contributed by atoms with Gasteiger partial charge < -0.3 is 9.51 Å². The van der Waals surface area contributed by atoms with Crippen LogP contribution in [-0.2, 0) is 6.61 Å². The molecule has 4 heteroatoms. The van der Waals surface area contributed by atoms with Gasteiger partial charge in [0.1, 0.15) is 10.7 Å². The van der Waals surface area contributed by atoms with E-state index in [1.54, 1.807) is 11.8 Å². The molecule has 0 aliphatic rings. The van der Waals surface area contributed by atoms with Crippen LogP contribution < -0.4 is 0 Å². The monoisotopic (exact) mass is 236 g/mol. The van der Waals surface area contributed by atoms with Gasteiger partial charge in [-0.25, -0.2) is 4.98 Å². The Balaban J connectivity index is 2.44. The van der Waals surface area contributed by atoms with Crippen LogP contribution in [0, 0.1) is 0 Å². The Morgan fingerprint density at radius 1 is 1.50 bits per heavy atom. The predicted molar refractivity (Wildman–Crippen MR) is 66.7 cm³/mol. The van der Waals surface area contributed by atoms with E-state index < -0.39 is 0 Å². The van der Waals surface area contributed by atoms with Gasteiger partial charge in [0.25, 0.3) is 0 Å². The molecule has 1 unspecified atom stereocenters. The second-order valence-corrected chi connectivity index (χ2v) is 5.21. The smallest absolute Gasteiger partial charge is 0.138 e. The molecule has 0 saturated heterocycles. The van der Waals surface area contributed by atoms with Gasteiger partial charge in [0.2, 0.25) is 0 Å². The van der Waals surface area contributed by atoms with Crippen molar-refractivity contribution in [3.05, 3.63) is 30.1 Å². The maximum absolute atomic E-state index is 9.42. The zero-order chi connectivity index (χ0) is 11.5. The predicted octanol–water partition coefficient (Wildman–Crippen LogP) is 2.72. The summed E-state index contributed by atoms with van der Waals surface area (Å²) in [6, 6.07) is 5.87. The zero-order valence-electron chi connectivity index (χ0n) is 9.55. The van der Waals surface area contributed by atoms with Gasteiger partial charge in [-0.2, -0.15) is 0 Å². The van der Waals surface area contributed by atoms with Gasteiger partial charge in [-0.15, -0.1) is 11.8 Å². The average molecular weight is 236 g/mol. The minimum Gasteiger partial charge on any atom is -0.390 e. The summed E-state index contributed by atoms with van der Waals surface area (Å²) in [7, 11) is 0. The summed E-state index contributed by atoms with van der Waals surface area (Å²) >= 11 is 1.73. The van der Waals surface area contributed by atoms with E-state index in [9.17, 15) is 5.11 Å². The van der Waals surface area contributed by atoms with E-state index >= 15 is 0 Å². The lowest BCUT2D eigenvalue weighted by Crippen LogP contribution is -1.96. The van der Waals surface area contributed by atoms with Crippen molar-refractivity contribution >= 4 is 17.4 Å². The van der Waals surface area contributed by atoms with Gasteiger partial charge in [-0.05, 0) is 18.6 Å². The fourth-order valence-electron chi connectivity index (χ4n) is 1.54. The average Bonchev–Trinajstić information content (AvgIpc) is 2.65. The highest BCUT2D eigenvalue weighted by Crippen LogP contribution is 2.28. The second-order valence-electron chi connectivity index (χ2n) is 3.79. The molecule has 0 amide bonds. The molecule has 2 aromatic rings. The number of fused-ring (bicyclic) bond motifs is 1. The molecule has 16 heavy (non-hydrogen) atoms. The fourth-order valence-corrected chi connectivity index (χ4v) is 2.53. The lowest BCUT2D eigenvalue weighted by Gasteiger charge is -2.06. The van der Waals surface area contributed by atoms with Gasteiger partial charge in [-0.1, -0.05) is 19.9 Å². The Morgan fingerprint density at radius 2 is 2.31 bits per heavy atom. The number of imidazole rings is 1. The summed E-state index contributed by atoms with van der Waals surface area (Å²) in [5.74, 6) is 0. The van der Waals surface area contributed by atoms with Crippen LogP contribution in [0.1, 0.15) is 26.0 Å². The van der Waals surface area contributed by atoms with E-state index in [0.717, 1.165) is 22.8 Å². The minimum absolute atomic E-state index is 0.0317. The number of aliphatic hydroxyl groups is 1. The molecule has 0 spiro atoms. The molecule has 1 atom stereocenters.